The molecule has 3 aromatic heterocycles. The van der Waals surface area contributed by atoms with Crippen molar-refractivity contribution in [3.05, 3.63) is 57.6 Å². The Bertz CT molecular complexity index is 1080. The van der Waals surface area contributed by atoms with Crippen molar-refractivity contribution < 1.29 is 0 Å². The SMILES string of the molecule is Clc1nc2ccccc2c2c1ncn2Cc1ccc(CN2CCCC2)s1. The standard InChI is InChI=1S/C20H19ClN4S/c21-20-18-19(16-5-1-2-6-17(16)23-20)25(13-22-18)12-15-8-7-14(26-15)11-24-9-3-4-10-24/h1-2,5-8,13H,3-4,9-12H2. The highest BCUT2D eigenvalue weighted by molar-refractivity contribution is 7.11. The van der Waals surface area contributed by atoms with Gasteiger partial charge >= 0.3 is 0 Å². The van der Waals surface area contributed by atoms with Crippen molar-refractivity contribution in [3.63, 3.8) is 0 Å². The van der Waals surface area contributed by atoms with Gasteiger partial charge in [-0.3, -0.25) is 4.90 Å². The van der Waals surface area contributed by atoms with E-state index in [0.29, 0.717) is 5.15 Å². The van der Waals surface area contributed by atoms with Crippen LogP contribution in [0.1, 0.15) is 22.6 Å². The van der Waals surface area contributed by atoms with Crippen LogP contribution in [0.3, 0.4) is 0 Å². The van der Waals surface area contributed by atoms with E-state index in [9.17, 15) is 0 Å². The van der Waals surface area contributed by atoms with Gasteiger partial charge in [0.05, 0.1) is 23.9 Å². The van der Waals surface area contributed by atoms with Gasteiger partial charge in [0.2, 0.25) is 0 Å². The number of benzene rings is 1. The smallest absolute Gasteiger partial charge is 0.157 e. The molecular formula is C20H19ClN4S. The number of thiophene rings is 1. The molecule has 1 aromatic carbocycles. The summed E-state index contributed by atoms with van der Waals surface area (Å²) in [5, 5.41) is 1.57. The second-order valence-corrected chi connectivity index (χ2v) is 8.45. The van der Waals surface area contributed by atoms with E-state index in [1.54, 1.807) is 0 Å². The first-order valence-electron chi connectivity index (χ1n) is 8.97. The minimum atomic E-state index is 0.471. The highest BCUT2D eigenvalue weighted by atomic mass is 35.5. The molecule has 0 unspecified atom stereocenters. The average molecular weight is 383 g/mol. The van der Waals surface area contributed by atoms with Crippen LogP contribution in [0, 0.1) is 0 Å². The van der Waals surface area contributed by atoms with E-state index in [4.69, 9.17) is 11.6 Å². The van der Waals surface area contributed by atoms with Gasteiger partial charge in [0, 0.05) is 21.7 Å². The predicted octanol–water partition coefficient (Wildman–Crippen LogP) is 4.94. The monoisotopic (exact) mass is 382 g/mol. The van der Waals surface area contributed by atoms with E-state index in [2.05, 4.69) is 37.6 Å². The Hall–Kier alpha value is -1.95. The van der Waals surface area contributed by atoms with Gasteiger partial charge in [0.25, 0.3) is 0 Å². The number of nitrogens with zero attached hydrogens (tertiary/aromatic N) is 4. The minimum absolute atomic E-state index is 0.471. The molecular weight excluding hydrogens is 364 g/mol. The number of halogens is 1. The van der Waals surface area contributed by atoms with Gasteiger partial charge in [0.1, 0.15) is 5.52 Å². The van der Waals surface area contributed by atoms with Crippen LogP contribution < -0.4 is 0 Å². The maximum atomic E-state index is 6.36. The van der Waals surface area contributed by atoms with Crippen molar-refractivity contribution in [1.29, 1.82) is 0 Å². The van der Waals surface area contributed by atoms with E-state index >= 15 is 0 Å². The van der Waals surface area contributed by atoms with Crippen LogP contribution in [0.5, 0.6) is 0 Å². The fourth-order valence-corrected chi connectivity index (χ4v) is 5.08. The topological polar surface area (TPSA) is 34.0 Å². The van der Waals surface area contributed by atoms with Gasteiger partial charge < -0.3 is 4.57 Å². The first-order chi connectivity index (χ1) is 12.8. The van der Waals surface area contributed by atoms with Gasteiger partial charge in [-0.05, 0) is 44.1 Å². The van der Waals surface area contributed by atoms with E-state index in [1.807, 2.05) is 35.9 Å². The lowest BCUT2D eigenvalue weighted by Gasteiger charge is -2.12. The predicted molar refractivity (Wildman–Crippen MR) is 108 cm³/mol. The molecule has 1 aliphatic rings. The van der Waals surface area contributed by atoms with Crippen LogP contribution in [-0.4, -0.2) is 32.5 Å². The second-order valence-electron chi connectivity index (χ2n) is 6.84. The zero-order chi connectivity index (χ0) is 17.5. The molecule has 6 heteroatoms. The van der Waals surface area contributed by atoms with Gasteiger partial charge in [-0.15, -0.1) is 11.3 Å². The largest absolute Gasteiger partial charge is 0.325 e. The molecule has 0 N–H and O–H groups in total. The summed E-state index contributed by atoms with van der Waals surface area (Å²) >= 11 is 8.26. The van der Waals surface area contributed by atoms with Gasteiger partial charge in [0.15, 0.2) is 5.15 Å². The van der Waals surface area contributed by atoms with Crippen molar-refractivity contribution >= 4 is 44.9 Å². The lowest BCUT2D eigenvalue weighted by Crippen LogP contribution is -2.17. The summed E-state index contributed by atoms with van der Waals surface area (Å²) in [6.07, 6.45) is 4.55. The van der Waals surface area contributed by atoms with Gasteiger partial charge in [-0.2, -0.15) is 0 Å². The van der Waals surface area contributed by atoms with Crippen LogP contribution in [-0.2, 0) is 13.1 Å². The molecule has 132 valence electrons. The van der Waals surface area contributed by atoms with Crippen LogP contribution in [0.25, 0.3) is 21.9 Å². The van der Waals surface area contributed by atoms with Crippen LogP contribution >= 0.6 is 22.9 Å². The van der Waals surface area contributed by atoms with Gasteiger partial charge in [-0.25, -0.2) is 9.97 Å². The number of imidazole rings is 1. The second kappa shape index (κ2) is 6.65. The van der Waals surface area contributed by atoms with Gasteiger partial charge in [-0.1, -0.05) is 29.8 Å². The lowest BCUT2D eigenvalue weighted by atomic mass is 10.2. The maximum absolute atomic E-state index is 6.36. The summed E-state index contributed by atoms with van der Waals surface area (Å²) in [6, 6.07) is 12.6. The number of pyridine rings is 1. The van der Waals surface area contributed by atoms with Crippen LogP contribution in [0.15, 0.2) is 42.7 Å². The Labute approximate surface area is 161 Å². The van der Waals surface area contributed by atoms with E-state index in [-0.39, 0.29) is 0 Å². The van der Waals surface area contributed by atoms with Crippen molar-refractivity contribution in [3.8, 4) is 0 Å². The molecule has 1 fully saturated rings. The normalized spacial score (nSPS) is 15.4. The highest BCUT2D eigenvalue weighted by Crippen LogP contribution is 2.29. The summed E-state index contributed by atoms with van der Waals surface area (Å²) in [7, 11) is 0. The number of rotatable bonds is 4. The number of aromatic nitrogens is 3. The Balaban J connectivity index is 1.49. The summed E-state index contributed by atoms with van der Waals surface area (Å²) < 4.78 is 2.19. The molecule has 0 bridgehead atoms. The highest BCUT2D eigenvalue weighted by Gasteiger charge is 2.15. The minimum Gasteiger partial charge on any atom is -0.325 e. The molecule has 0 radical (unpaired) electrons. The summed E-state index contributed by atoms with van der Waals surface area (Å²) in [6.45, 7) is 4.35. The molecule has 4 heterocycles. The molecule has 1 aliphatic heterocycles. The van der Waals surface area contributed by atoms with Crippen LogP contribution in [0.4, 0.5) is 0 Å². The molecule has 0 amide bonds. The molecule has 26 heavy (non-hydrogen) atoms. The number of likely N-dealkylation sites (tertiary alicyclic amines) is 1. The van der Waals surface area contributed by atoms with E-state index in [1.165, 1.54) is 35.7 Å². The fourth-order valence-electron chi connectivity index (χ4n) is 3.79. The summed E-state index contributed by atoms with van der Waals surface area (Å²) in [5.41, 5.74) is 2.75. The average Bonchev–Trinajstić information content (AvgIpc) is 3.38. The first-order valence-corrected chi connectivity index (χ1v) is 10.2. The first kappa shape index (κ1) is 16.2. The van der Waals surface area contributed by atoms with Crippen molar-refractivity contribution in [1.82, 2.24) is 19.4 Å². The molecule has 4 nitrogen and oxygen atoms in total. The molecule has 0 spiro atoms. The zero-order valence-corrected chi connectivity index (χ0v) is 15.9. The molecule has 0 aliphatic carbocycles. The van der Waals surface area contributed by atoms with Crippen LogP contribution in [0.2, 0.25) is 5.15 Å². The lowest BCUT2D eigenvalue weighted by molar-refractivity contribution is 0.334. The Morgan fingerprint density at radius 2 is 1.77 bits per heavy atom. The number of para-hydroxylation sites is 1. The third-order valence-electron chi connectivity index (χ3n) is 5.03. The fraction of sp³-hybridized carbons (Fsp3) is 0.300. The Morgan fingerprint density at radius 3 is 2.62 bits per heavy atom. The maximum Gasteiger partial charge on any atom is 0.157 e. The molecule has 5 rings (SSSR count). The number of fused-ring (bicyclic) bond motifs is 3. The summed E-state index contributed by atoms with van der Waals surface area (Å²) in [4.78, 5) is 14.3. The van der Waals surface area contributed by atoms with Crippen molar-refractivity contribution in [2.45, 2.75) is 25.9 Å². The molecule has 4 aromatic rings. The van der Waals surface area contributed by atoms with E-state index < -0.39 is 0 Å². The number of hydrogen-bond donors (Lipinski definition) is 0. The zero-order valence-electron chi connectivity index (χ0n) is 14.4. The molecule has 0 atom stereocenters. The van der Waals surface area contributed by atoms with E-state index in [0.717, 1.165) is 35.0 Å². The molecule has 0 saturated carbocycles. The van der Waals surface area contributed by atoms with Crippen molar-refractivity contribution in [2.24, 2.45) is 0 Å². The third kappa shape index (κ3) is 2.90. The number of hydrogen-bond acceptors (Lipinski definition) is 4. The third-order valence-corrected chi connectivity index (χ3v) is 6.35. The summed E-state index contributed by atoms with van der Waals surface area (Å²) in [5.74, 6) is 0. The Morgan fingerprint density at radius 1 is 1.00 bits per heavy atom. The van der Waals surface area contributed by atoms with Crippen molar-refractivity contribution in [2.75, 3.05) is 13.1 Å². The quantitative estimate of drug-likeness (QED) is 0.468. The Kier molecular flexibility index (Phi) is 4.15. The molecule has 1 saturated heterocycles.